The summed E-state index contributed by atoms with van der Waals surface area (Å²) in [4.78, 5) is 28.1. The first-order valence-electron chi connectivity index (χ1n) is 3.63. The number of carbonyl (C=O) groups excluding carboxylic acids is 1. The zero-order valence-electron chi connectivity index (χ0n) is 7.10. The van der Waals surface area contributed by atoms with Crippen LogP contribution in [0.1, 0.15) is 12.8 Å². The molecule has 0 bridgehead atoms. The highest BCUT2D eigenvalue weighted by atomic mass is 35.5. The van der Waals surface area contributed by atoms with E-state index in [9.17, 15) is 9.59 Å². The molecule has 0 radical (unpaired) electrons. The number of halogens is 1. The summed E-state index contributed by atoms with van der Waals surface area (Å²) in [6, 6.07) is 0. The van der Waals surface area contributed by atoms with Crippen LogP contribution in [-0.2, 0) is 19.6 Å². The second-order valence-corrected chi connectivity index (χ2v) is 2.37. The maximum Gasteiger partial charge on any atom is 0.553 e. The van der Waals surface area contributed by atoms with E-state index in [2.05, 4.69) is 19.6 Å². The third-order valence-corrected chi connectivity index (χ3v) is 1.20. The van der Waals surface area contributed by atoms with Gasteiger partial charge < -0.3 is 9.84 Å². The van der Waals surface area contributed by atoms with Crippen LogP contribution < -0.4 is 0 Å². The van der Waals surface area contributed by atoms with Gasteiger partial charge in [0.05, 0.1) is 6.61 Å². The summed E-state index contributed by atoms with van der Waals surface area (Å²) in [7, 11) is 0. The second-order valence-electron chi connectivity index (χ2n) is 1.99. The molecule has 0 spiro atoms. The van der Waals surface area contributed by atoms with Crippen molar-refractivity contribution in [1.29, 1.82) is 0 Å². The number of hydrogen-bond donors (Lipinski definition) is 1. The Kier molecular flexibility index (Phi) is 7.90. The zero-order chi connectivity index (χ0) is 10.8. The molecule has 0 unspecified atom stereocenters. The number of carbonyl (C=O) groups is 2. The van der Waals surface area contributed by atoms with Crippen molar-refractivity contribution in [2.45, 2.75) is 12.8 Å². The highest BCUT2D eigenvalue weighted by Crippen LogP contribution is 1.94. The number of unbranched alkanes of at least 4 members (excludes halogenated alkanes) is 1. The van der Waals surface area contributed by atoms with E-state index in [1.165, 1.54) is 0 Å². The Balaban J connectivity index is 3.19. The molecular formula is C6H9ClO7. The highest BCUT2D eigenvalue weighted by Gasteiger charge is 2.10. The summed E-state index contributed by atoms with van der Waals surface area (Å²) >= 11 is 5.36. The average Bonchev–Trinajstić information content (AvgIpc) is 2.10. The molecule has 82 valence electrons. The maximum absolute atomic E-state index is 10.3. The number of hydrogen-bond acceptors (Lipinski definition) is 6. The van der Waals surface area contributed by atoms with Crippen LogP contribution in [0.2, 0.25) is 0 Å². The monoisotopic (exact) mass is 228 g/mol. The van der Waals surface area contributed by atoms with Crippen LogP contribution in [0.4, 0.5) is 9.59 Å². The summed E-state index contributed by atoms with van der Waals surface area (Å²) in [6.07, 6.45) is -1.96. The molecular weight excluding hydrogens is 220 g/mol. The van der Waals surface area contributed by atoms with Gasteiger partial charge in [-0.3, -0.25) is 0 Å². The fourth-order valence-electron chi connectivity index (χ4n) is 0.430. The van der Waals surface area contributed by atoms with Gasteiger partial charge >= 0.3 is 12.3 Å². The Hall–Kier alpha value is -1.05. The van der Waals surface area contributed by atoms with Crippen LogP contribution in [0.25, 0.3) is 0 Å². The van der Waals surface area contributed by atoms with E-state index in [1.54, 1.807) is 0 Å². The predicted octanol–water partition coefficient (Wildman–Crippen LogP) is 1.70. The maximum atomic E-state index is 10.3. The van der Waals surface area contributed by atoms with E-state index in [0.717, 1.165) is 6.42 Å². The van der Waals surface area contributed by atoms with Crippen molar-refractivity contribution < 1.29 is 34.2 Å². The third-order valence-electron chi connectivity index (χ3n) is 0.932. The summed E-state index contributed by atoms with van der Waals surface area (Å²) in [5, 5.41) is 11.8. The van der Waals surface area contributed by atoms with Crippen LogP contribution in [0.5, 0.6) is 0 Å². The largest absolute Gasteiger partial charge is 0.553 e. The summed E-state index contributed by atoms with van der Waals surface area (Å²) < 4.78 is 3.51. The molecule has 14 heavy (non-hydrogen) atoms. The van der Waals surface area contributed by atoms with Crippen molar-refractivity contribution >= 4 is 23.9 Å². The van der Waals surface area contributed by atoms with Gasteiger partial charge in [-0.1, -0.05) is 0 Å². The molecule has 0 aromatic rings. The molecule has 0 heterocycles. The number of carboxylic acid groups (broad SMARTS) is 1. The first-order chi connectivity index (χ1) is 6.66. The van der Waals surface area contributed by atoms with Gasteiger partial charge in [-0.2, -0.15) is 9.68 Å². The lowest BCUT2D eigenvalue weighted by atomic mass is 10.4. The quantitative estimate of drug-likeness (QED) is 0.185. The standard InChI is InChI=1S/C6H9ClO7/c7-3-1-2-4-11-14-13-6(10)12-5(8)9/h1-4H2,(H,8,9). The molecule has 0 saturated carbocycles. The van der Waals surface area contributed by atoms with E-state index in [0.29, 0.717) is 12.3 Å². The molecule has 8 heteroatoms. The Labute approximate surface area is 84.3 Å². The molecule has 0 fully saturated rings. The molecule has 0 rings (SSSR count). The van der Waals surface area contributed by atoms with E-state index in [4.69, 9.17) is 16.7 Å². The minimum atomic E-state index is -1.79. The molecule has 7 nitrogen and oxygen atoms in total. The van der Waals surface area contributed by atoms with Gasteiger partial charge in [0.2, 0.25) is 0 Å². The Morgan fingerprint density at radius 3 is 2.57 bits per heavy atom. The molecule has 0 aromatic carbocycles. The Morgan fingerprint density at radius 2 is 2.00 bits per heavy atom. The topological polar surface area (TPSA) is 91.3 Å². The van der Waals surface area contributed by atoms with E-state index >= 15 is 0 Å². The summed E-state index contributed by atoms with van der Waals surface area (Å²) in [5.41, 5.74) is 0. The zero-order valence-corrected chi connectivity index (χ0v) is 7.86. The van der Waals surface area contributed by atoms with Crippen molar-refractivity contribution in [2.24, 2.45) is 0 Å². The lowest BCUT2D eigenvalue weighted by molar-refractivity contribution is -0.485. The number of ether oxygens (including phenoxy) is 1. The van der Waals surface area contributed by atoms with E-state index in [-0.39, 0.29) is 6.61 Å². The molecule has 1 N–H and O–H groups in total. The highest BCUT2D eigenvalue weighted by molar-refractivity contribution is 6.17. The summed E-state index contributed by atoms with van der Waals surface area (Å²) in [5.74, 6) is 0.491. The van der Waals surface area contributed by atoms with Gasteiger partial charge in [0.15, 0.2) is 0 Å². The first kappa shape index (κ1) is 12.9. The van der Waals surface area contributed by atoms with Crippen LogP contribution in [0.15, 0.2) is 0 Å². The molecule has 0 atom stereocenters. The lowest BCUT2D eigenvalue weighted by Gasteiger charge is -2.00. The molecule has 0 aliphatic carbocycles. The molecule has 0 aliphatic heterocycles. The van der Waals surface area contributed by atoms with Gasteiger partial charge in [0.1, 0.15) is 0 Å². The lowest BCUT2D eigenvalue weighted by Crippen LogP contribution is -2.12. The molecule has 0 aromatic heterocycles. The number of alkyl halides is 1. The number of rotatable bonds is 6. The van der Waals surface area contributed by atoms with Gasteiger partial charge in [0, 0.05) is 5.88 Å². The Bertz CT molecular complexity index is 183. The van der Waals surface area contributed by atoms with Crippen LogP contribution >= 0.6 is 11.6 Å². The van der Waals surface area contributed by atoms with Crippen molar-refractivity contribution in [3.05, 3.63) is 0 Å². The second kappa shape index (κ2) is 8.54. The summed E-state index contributed by atoms with van der Waals surface area (Å²) in [6.45, 7) is 0.174. The Morgan fingerprint density at radius 1 is 1.29 bits per heavy atom. The van der Waals surface area contributed by atoms with Crippen molar-refractivity contribution in [3.8, 4) is 0 Å². The van der Waals surface area contributed by atoms with E-state index in [1.807, 2.05) is 0 Å². The van der Waals surface area contributed by atoms with Crippen LogP contribution in [-0.4, -0.2) is 29.9 Å². The van der Waals surface area contributed by atoms with Gasteiger partial charge in [-0.15, -0.1) is 11.6 Å². The van der Waals surface area contributed by atoms with Crippen LogP contribution in [0.3, 0.4) is 0 Å². The van der Waals surface area contributed by atoms with Crippen molar-refractivity contribution in [2.75, 3.05) is 12.5 Å². The van der Waals surface area contributed by atoms with Crippen LogP contribution in [0, 0.1) is 0 Å². The first-order valence-corrected chi connectivity index (χ1v) is 4.17. The SMILES string of the molecule is O=C(O)OC(=O)OOOCCCCCl. The molecule has 0 aliphatic rings. The molecule has 0 amide bonds. The molecule has 0 saturated heterocycles. The van der Waals surface area contributed by atoms with Crippen molar-refractivity contribution in [3.63, 3.8) is 0 Å². The fraction of sp³-hybridized carbons (Fsp3) is 0.667. The van der Waals surface area contributed by atoms with Crippen molar-refractivity contribution in [1.82, 2.24) is 0 Å². The third kappa shape index (κ3) is 9.04. The average molecular weight is 229 g/mol. The normalized spacial score (nSPS) is 9.50. The fourth-order valence-corrected chi connectivity index (χ4v) is 0.619. The van der Waals surface area contributed by atoms with E-state index < -0.39 is 12.3 Å². The smallest absolute Gasteiger partial charge is 0.449 e. The van der Waals surface area contributed by atoms with Gasteiger partial charge in [0.25, 0.3) is 0 Å². The minimum absolute atomic E-state index is 0.174. The van der Waals surface area contributed by atoms with Gasteiger partial charge in [-0.25, -0.2) is 9.68 Å². The minimum Gasteiger partial charge on any atom is -0.449 e. The van der Waals surface area contributed by atoms with Gasteiger partial charge in [-0.05, 0) is 17.9 Å². The predicted molar refractivity (Wildman–Crippen MR) is 42.6 cm³/mol.